The van der Waals surface area contributed by atoms with E-state index in [1.54, 1.807) is 18.2 Å². The van der Waals surface area contributed by atoms with E-state index < -0.39 is 7.76 Å². The summed E-state index contributed by atoms with van der Waals surface area (Å²) in [7, 11) is -1.05. The van der Waals surface area contributed by atoms with Crippen molar-refractivity contribution in [3.05, 3.63) is 125 Å². The Morgan fingerprint density at radius 1 is 0.789 bits per heavy atom. The average molecular weight is 512 g/mol. The van der Waals surface area contributed by atoms with E-state index in [2.05, 4.69) is 61.0 Å². The standard InChI is InChI=1S/C34H23O3P/c1-21-7-8-23(9-13-28(21)22-5-3-2-4-6-22)32-33-29-14-11-26(35)19-24(29)10-16-31(33)37-38-18-17-25-20-27(36)12-15-30(25)34(32)38/h2-6,9-21,32H,1H3,(H-,35,36)/p+1. The first-order chi connectivity index (χ1) is 18.6. The number of allylic oxidation sites excluding steroid dienone is 4. The van der Waals surface area contributed by atoms with Crippen molar-refractivity contribution >= 4 is 34.9 Å². The molecule has 1 aromatic heterocycles. The zero-order valence-electron chi connectivity index (χ0n) is 20.7. The van der Waals surface area contributed by atoms with Gasteiger partial charge in [-0.25, -0.2) is 0 Å². The molecule has 3 unspecified atom stereocenters. The van der Waals surface area contributed by atoms with Gasteiger partial charge in [-0.3, -0.25) is 4.52 Å². The Bertz CT molecular complexity index is 1800. The predicted octanol–water partition coefficient (Wildman–Crippen LogP) is 8.62. The molecule has 1 aliphatic heterocycles. The summed E-state index contributed by atoms with van der Waals surface area (Å²) in [5, 5.41) is 25.6. The van der Waals surface area contributed by atoms with Crippen LogP contribution in [0.25, 0.3) is 27.1 Å². The van der Waals surface area contributed by atoms with E-state index >= 15 is 0 Å². The maximum atomic E-state index is 10.2. The van der Waals surface area contributed by atoms with Crippen LogP contribution < -0.4 is 4.52 Å². The summed E-state index contributed by atoms with van der Waals surface area (Å²) in [6, 6.07) is 27.5. The highest BCUT2D eigenvalue weighted by molar-refractivity contribution is 7.45. The Labute approximate surface area is 222 Å². The number of fused-ring (bicyclic) bond motifs is 6. The molecule has 5 aromatic rings. The topological polar surface area (TPSA) is 49.7 Å². The lowest BCUT2D eigenvalue weighted by Crippen LogP contribution is -2.11. The van der Waals surface area contributed by atoms with Gasteiger partial charge in [0.1, 0.15) is 11.5 Å². The molecule has 2 aliphatic rings. The van der Waals surface area contributed by atoms with Gasteiger partial charge in [0.25, 0.3) is 0 Å². The number of rotatable bonds is 2. The third kappa shape index (κ3) is 3.66. The molecule has 182 valence electrons. The number of benzene rings is 4. The molecule has 1 aliphatic carbocycles. The van der Waals surface area contributed by atoms with Crippen LogP contribution in [0.2, 0.25) is 0 Å². The summed E-state index contributed by atoms with van der Waals surface area (Å²) in [4.78, 5) is 0. The molecule has 7 rings (SSSR count). The summed E-state index contributed by atoms with van der Waals surface area (Å²) in [5.74, 6) is 10.5. The molecule has 0 saturated heterocycles. The van der Waals surface area contributed by atoms with Crippen molar-refractivity contribution in [3.63, 3.8) is 0 Å². The van der Waals surface area contributed by atoms with Crippen LogP contribution in [0.15, 0.2) is 108 Å². The van der Waals surface area contributed by atoms with E-state index in [0.29, 0.717) is 0 Å². The minimum Gasteiger partial charge on any atom is -0.508 e. The number of hydrogen-bond acceptors (Lipinski definition) is 3. The molecule has 4 heteroatoms. The molecule has 4 aromatic carbocycles. The molecule has 2 N–H and O–H groups in total. The van der Waals surface area contributed by atoms with E-state index in [0.717, 1.165) is 38.4 Å². The fraction of sp³-hybridized carbons (Fsp3) is 0.0882. The second kappa shape index (κ2) is 8.80. The first-order valence-electron chi connectivity index (χ1n) is 12.7. The zero-order chi connectivity index (χ0) is 25.8. The average Bonchev–Trinajstić information content (AvgIpc) is 3.13. The number of hydrogen-bond donors (Lipinski definition) is 2. The van der Waals surface area contributed by atoms with E-state index in [-0.39, 0.29) is 23.3 Å². The highest BCUT2D eigenvalue weighted by Gasteiger charge is 2.40. The molecule has 2 heterocycles. The van der Waals surface area contributed by atoms with Crippen LogP contribution in [0.5, 0.6) is 17.2 Å². The summed E-state index contributed by atoms with van der Waals surface area (Å²) < 4.78 is 6.65. The maximum absolute atomic E-state index is 10.2. The molecule has 0 radical (unpaired) electrons. The van der Waals surface area contributed by atoms with Crippen molar-refractivity contribution in [2.24, 2.45) is 5.92 Å². The van der Waals surface area contributed by atoms with Crippen LogP contribution >= 0.6 is 7.76 Å². The molecule has 3 nitrogen and oxygen atoms in total. The highest BCUT2D eigenvalue weighted by Crippen LogP contribution is 2.56. The lowest BCUT2D eigenvalue weighted by Gasteiger charge is -2.24. The van der Waals surface area contributed by atoms with Gasteiger partial charge in [-0.2, -0.15) is 0 Å². The molecular weight excluding hydrogens is 487 g/mol. The van der Waals surface area contributed by atoms with Gasteiger partial charge in [0, 0.05) is 22.4 Å². The fourth-order valence-corrected chi connectivity index (χ4v) is 7.61. The third-order valence-electron chi connectivity index (χ3n) is 7.46. The molecule has 0 bridgehead atoms. The molecule has 0 spiro atoms. The van der Waals surface area contributed by atoms with E-state index in [1.807, 2.05) is 42.5 Å². The van der Waals surface area contributed by atoms with Gasteiger partial charge in [-0.15, -0.1) is 0 Å². The summed E-state index contributed by atoms with van der Waals surface area (Å²) in [6.07, 6.45) is 4.38. The van der Waals surface area contributed by atoms with E-state index in [1.165, 1.54) is 16.4 Å². The fourth-order valence-electron chi connectivity index (χ4n) is 5.65. The largest absolute Gasteiger partial charge is 0.508 e. The molecule has 0 saturated carbocycles. The summed E-state index contributed by atoms with van der Waals surface area (Å²) in [5.41, 5.74) is 4.46. The van der Waals surface area contributed by atoms with Gasteiger partial charge in [-0.1, -0.05) is 60.4 Å². The molecule has 38 heavy (non-hydrogen) atoms. The molecule has 3 atom stereocenters. The smallest absolute Gasteiger partial charge is 0.342 e. The third-order valence-corrected chi connectivity index (χ3v) is 9.25. The second-order valence-electron chi connectivity index (χ2n) is 9.81. The van der Waals surface area contributed by atoms with Crippen molar-refractivity contribution < 1.29 is 14.7 Å². The van der Waals surface area contributed by atoms with Gasteiger partial charge in [-0.05, 0) is 82.8 Å². The van der Waals surface area contributed by atoms with Crippen LogP contribution in [-0.2, 0) is 0 Å². The van der Waals surface area contributed by atoms with E-state index in [4.69, 9.17) is 4.52 Å². The zero-order valence-corrected chi connectivity index (χ0v) is 21.6. The summed E-state index contributed by atoms with van der Waals surface area (Å²) in [6.45, 7) is 2.15. The van der Waals surface area contributed by atoms with Crippen LogP contribution in [0.1, 0.15) is 29.3 Å². The van der Waals surface area contributed by atoms with Crippen molar-refractivity contribution in [3.8, 4) is 29.1 Å². The van der Waals surface area contributed by atoms with E-state index in [9.17, 15) is 10.2 Å². The van der Waals surface area contributed by atoms with Gasteiger partial charge < -0.3 is 10.2 Å². The minimum atomic E-state index is -1.05. The van der Waals surface area contributed by atoms with Crippen LogP contribution in [0.3, 0.4) is 0 Å². The van der Waals surface area contributed by atoms with Gasteiger partial charge in [0.2, 0.25) is 0 Å². The monoisotopic (exact) mass is 511 g/mol. The van der Waals surface area contributed by atoms with Crippen LogP contribution in [-0.4, -0.2) is 10.2 Å². The molecule has 0 amide bonds. The van der Waals surface area contributed by atoms with Crippen LogP contribution in [0, 0.1) is 17.8 Å². The maximum Gasteiger partial charge on any atom is 0.342 e. The minimum absolute atomic E-state index is 0.0805. The lowest BCUT2D eigenvalue weighted by molar-refractivity contribution is 0.475. The highest BCUT2D eigenvalue weighted by atomic mass is 31.1. The number of phenols is 2. The second-order valence-corrected chi connectivity index (χ2v) is 11.4. The Kier molecular flexibility index (Phi) is 5.25. The van der Waals surface area contributed by atoms with Gasteiger partial charge in [0.15, 0.2) is 16.8 Å². The molecule has 0 fully saturated rings. The van der Waals surface area contributed by atoms with Gasteiger partial charge >= 0.3 is 7.76 Å². The SMILES string of the molecule is CC1C#CC(C2c3c(ccc4cc(O)ccc34)O[p+]3ccc4cc(O)ccc4c32)=CC=C1c1ccccc1. The predicted molar refractivity (Wildman–Crippen MR) is 156 cm³/mol. The number of aromatic hydroxyl groups is 2. The summed E-state index contributed by atoms with van der Waals surface area (Å²) >= 11 is 0. The lowest BCUT2D eigenvalue weighted by atomic mass is 9.84. The molecular formula is C34H24O3P+. The normalized spacial score (nSPS) is 18.3. The van der Waals surface area contributed by atoms with Crippen molar-refractivity contribution in [2.75, 3.05) is 0 Å². The number of phenolic OH excluding ortho intramolecular Hbond substituents is 2. The Hall–Kier alpha value is -4.51. The first-order valence-corrected chi connectivity index (χ1v) is 14.0. The Balaban J connectivity index is 1.53. The Morgan fingerprint density at radius 3 is 2.32 bits per heavy atom. The van der Waals surface area contributed by atoms with Crippen molar-refractivity contribution in [1.29, 1.82) is 0 Å². The van der Waals surface area contributed by atoms with Crippen LogP contribution in [0.4, 0.5) is 0 Å². The van der Waals surface area contributed by atoms with Gasteiger partial charge in [0.05, 0.1) is 5.92 Å². The first kappa shape index (κ1) is 22.7. The quantitative estimate of drug-likeness (QED) is 0.233. The van der Waals surface area contributed by atoms with Crippen molar-refractivity contribution in [2.45, 2.75) is 12.8 Å². The Morgan fingerprint density at radius 2 is 1.53 bits per heavy atom. The van der Waals surface area contributed by atoms with Crippen molar-refractivity contribution in [1.82, 2.24) is 0 Å².